The van der Waals surface area contributed by atoms with Gasteiger partial charge >= 0.3 is 0 Å². The van der Waals surface area contributed by atoms with Gasteiger partial charge < -0.3 is 27.0 Å². The SMILES string of the molecule is NC(N)=NCCC[C@@H]1N[C@H](CNC(=O)/C=C/c2ccccc2CI)CCN(CC(c2ccccc2)c2ccccc2)C1=O. The molecule has 1 heterocycles. The second-order valence-electron chi connectivity index (χ2n) is 10.7. The number of amides is 2. The van der Waals surface area contributed by atoms with Crippen molar-refractivity contribution in [3.05, 3.63) is 113 Å². The maximum absolute atomic E-state index is 14.0. The van der Waals surface area contributed by atoms with E-state index in [1.807, 2.05) is 65.6 Å². The highest BCUT2D eigenvalue weighted by molar-refractivity contribution is 14.1. The second-order valence-corrected chi connectivity index (χ2v) is 11.5. The van der Waals surface area contributed by atoms with E-state index in [-0.39, 0.29) is 29.7 Å². The molecule has 43 heavy (non-hydrogen) atoms. The van der Waals surface area contributed by atoms with Crippen LogP contribution >= 0.6 is 22.6 Å². The maximum Gasteiger partial charge on any atom is 0.244 e. The predicted molar refractivity (Wildman–Crippen MR) is 183 cm³/mol. The Morgan fingerprint density at radius 2 is 1.67 bits per heavy atom. The van der Waals surface area contributed by atoms with Crippen LogP contribution in [0.4, 0.5) is 0 Å². The standard InChI is InChI=1S/C34H41IN6O2/c35-22-28-15-8-7-10-25(28)17-18-32(42)39-23-29-19-21-41(33(43)31(40-29)16-9-20-38-34(36)37)24-30(26-11-3-1-4-12-26)27-13-5-2-6-14-27/h1-8,10-15,17-18,29-31,40H,9,16,19-24H2,(H,39,42)(H4,36,37,38)/b18-17+/t29-,31-/m0/s1. The van der Waals surface area contributed by atoms with Crippen LogP contribution in [0, 0.1) is 0 Å². The van der Waals surface area contributed by atoms with Crippen molar-refractivity contribution in [2.45, 2.75) is 41.7 Å². The van der Waals surface area contributed by atoms with Gasteiger partial charge in [0.05, 0.1) is 6.04 Å². The first-order valence-corrected chi connectivity index (χ1v) is 16.3. The van der Waals surface area contributed by atoms with E-state index in [4.69, 9.17) is 11.5 Å². The molecule has 2 amide bonds. The van der Waals surface area contributed by atoms with Gasteiger partial charge in [0, 0.05) is 48.6 Å². The fraction of sp³-hybridized carbons (Fsp3) is 0.324. The number of benzene rings is 3. The van der Waals surface area contributed by atoms with Gasteiger partial charge in [-0.3, -0.25) is 14.6 Å². The summed E-state index contributed by atoms with van der Waals surface area (Å²) in [7, 11) is 0. The van der Waals surface area contributed by atoms with Gasteiger partial charge in [0.15, 0.2) is 5.96 Å². The van der Waals surface area contributed by atoms with Crippen molar-refractivity contribution in [3.63, 3.8) is 0 Å². The molecular weight excluding hydrogens is 651 g/mol. The Morgan fingerprint density at radius 1 is 1.02 bits per heavy atom. The van der Waals surface area contributed by atoms with Gasteiger partial charge in [-0.15, -0.1) is 0 Å². The van der Waals surface area contributed by atoms with Crippen LogP contribution in [0.2, 0.25) is 0 Å². The topological polar surface area (TPSA) is 126 Å². The Morgan fingerprint density at radius 3 is 2.33 bits per heavy atom. The van der Waals surface area contributed by atoms with Crippen molar-refractivity contribution in [1.29, 1.82) is 0 Å². The molecule has 6 N–H and O–H groups in total. The van der Waals surface area contributed by atoms with Crippen molar-refractivity contribution in [2.75, 3.05) is 26.2 Å². The zero-order valence-corrected chi connectivity index (χ0v) is 26.5. The molecule has 4 rings (SSSR count). The molecule has 8 nitrogen and oxygen atoms in total. The Hall–Kier alpha value is -3.70. The highest BCUT2D eigenvalue weighted by atomic mass is 127. The Labute approximate surface area is 268 Å². The van der Waals surface area contributed by atoms with Crippen molar-refractivity contribution < 1.29 is 9.59 Å². The van der Waals surface area contributed by atoms with Gasteiger partial charge in [0.25, 0.3) is 0 Å². The number of nitrogens with zero attached hydrogens (tertiary/aromatic N) is 2. The quantitative estimate of drug-likeness (QED) is 0.0534. The number of alkyl halides is 1. The van der Waals surface area contributed by atoms with Gasteiger partial charge in [-0.1, -0.05) is 108 Å². The lowest BCUT2D eigenvalue weighted by atomic mass is 9.90. The van der Waals surface area contributed by atoms with Gasteiger partial charge in [0.1, 0.15) is 0 Å². The van der Waals surface area contributed by atoms with Crippen LogP contribution < -0.4 is 22.1 Å². The Bertz CT molecular complexity index is 1340. The number of rotatable bonds is 13. The van der Waals surface area contributed by atoms with Crippen LogP contribution in [0.25, 0.3) is 6.08 Å². The van der Waals surface area contributed by atoms with Crippen LogP contribution in [-0.4, -0.2) is 60.9 Å². The first-order valence-electron chi connectivity index (χ1n) is 14.7. The number of guanidine groups is 1. The highest BCUT2D eigenvalue weighted by Gasteiger charge is 2.32. The largest absolute Gasteiger partial charge is 0.370 e. The minimum Gasteiger partial charge on any atom is -0.370 e. The number of nitrogens with one attached hydrogen (secondary N) is 2. The molecule has 1 fully saturated rings. The van der Waals surface area contributed by atoms with E-state index in [2.05, 4.69) is 68.5 Å². The monoisotopic (exact) mass is 692 g/mol. The molecule has 226 valence electrons. The van der Waals surface area contributed by atoms with Gasteiger partial charge in [-0.2, -0.15) is 0 Å². The summed E-state index contributed by atoms with van der Waals surface area (Å²) in [6.45, 7) is 2.03. The lowest BCUT2D eigenvalue weighted by Gasteiger charge is -2.29. The number of nitrogens with two attached hydrogens (primary N) is 2. The lowest BCUT2D eigenvalue weighted by Crippen LogP contribution is -2.49. The Balaban J connectivity index is 1.47. The normalized spacial score (nSPS) is 17.2. The van der Waals surface area contributed by atoms with E-state index in [9.17, 15) is 9.59 Å². The molecule has 2 atom stereocenters. The third-order valence-electron chi connectivity index (χ3n) is 7.68. The van der Waals surface area contributed by atoms with Crippen LogP contribution in [0.5, 0.6) is 0 Å². The number of carbonyl (C=O) groups excluding carboxylic acids is 2. The number of hydrogen-bond acceptors (Lipinski definition) is 4. The number of halogens is 1. The summed E-state index contributed by atoms with van der Waals surface area (Å²) in [5, 5.41) is 6.58. The van der Waals surface area contributed by atoms with Crippen LogP contribution in [0.3, 0.4) is 0 Å². The van der Waals surface area contributed by atoms with E-state index in [0.717, 1.165) is 9.99 Å². The summed E-state index contributed by atoms with van der Waals surface area (Å²) < 4.78 is 0.871. The van der Waals surface area contributed by atoms with Crippen molar-refractivity contribution in [2.24, 2.45) is 16.5 Å². The van der Waals surface area contributed by atoms with Crippen LogP contribution in [0.1, 0.15) is 47.4 Å². The fourth-order valence-corrected chi connectivity index (χ4v) is 6.09. The maximum atomic E-state index is 14.0. The molecular formula is C34H41IN6O2. The number of aliphatic imine (C=N–C) groups is 1. The smallest absolute Gasteiger partial charge is 0.244 e. The molecule has 9 heteroatoms. The van der Waals surface area contributed by atoms with E-state index in [1.165, 1.54) is 16.7 Å². The summed E-state index contributed by atoms with van der Waals surface area (Å²) >= 11 is 2.33. The summed E-state index contributed by atoms with van der Waals surface area (Å²) in [6.07, 6.45) is 5.40. The third kappa shape index (κ3) is 9.93. The molecule has 1 aliphatic heterocycles. The first-order chi connectivity index (χ1) is 20.9. The first kappa shape index (κ1) is 32.2. The van der Waals surface area contributed by atoms with E-state index in [1.54, 1.807) is 6.08 Å². The van der Waals surface area contributed by atoms with E-state index < -0.39 is 6.04 Å². The third-order valence-corrected chi connectivity index (χ3v) is 8.50. The van der Waals surface area contributed by atoms with Gasteiger partial charge in [0.2, 0.25) is 11.8 Å². The average molecular weight is 693 g/mol. The lowest BCUT2D eigenvalue weighted by molar-refractivity contribution is -0.133. The molecule has 3 aromatic carbocycles. The van der Waals surface area contributed by atoms with Gasteiger partial charge in [-0.25, -0.2) is 0 Å². The molecule has 1 saturated heterocycles. The molecule has 0 spiro atoms. The minimum absolute atomic E-state index is 0.0421. The van der Waals surface area contributed by atoms with E-state index in [0.29, 0.717) is 45.4 Å². The zero-order chi connectivity index (χ0) is 30.4. The average Bonchev–Trinajstić information content (AvgIpc) is 3.18. The van der Waals surface area contributed by atoms with Crippen LogP contribution in [0.15, 0.2) is 96.0 Å². The molecule has 0 radical (unpaired) electrons. The summed E-state index contributed by atoms with van der Waals surface area (Å²) in [5.74, 6) is -0.00809. The van der Waals surface area contributed by atoms with Crippen LogP contribution in [-0.2, 0) is 14.0 Å². The van der Waals surface area contributed by atoms with E-state index >= 15 is 0 Å². The number of carbonyl (C=O) groups is 2. The van der Waals surface area contributed by atoms with Crippen molar-refractivity contribution in [3.8, 4) is 0 Å². The Kier molecular flexibility index (Phi) is 12.6. The van der Waals surface area contributed by atoms with Crippen molar-refractivity contribution >= 4 is 46.4 Å². The molecule has 0 aliphatic carbocycles. The molecule has 0 unspecified atom stereocenters. The molecule has 0 bridgehead atoms. The highest BCUT2D eigenvalue weighted by Crippen LogP contribution is 2.27. The second kappa shape index (κ2) is 16.8. The molecule has 3 aromatic rings. The summed E-state index contributed by atoms with van der Waals surface area (Å²) in [4.78, 5) is 32.8. The predicted octanol–water partition coefficient (Wildman–Crippen LogP) is 4.20. The van der Waals surface area contributed by atoms with Gasteiger partial charge in [-0.05, 0) is 47.6 Å². The number of hydrogen-bond donors (Lipinski definition) is 4. The zero-order valence-electron chi connectivity index (χ0n) is 24.4. The van der Waals surface area contributed by atoms with Crippen molar-refractivity contribution in [1.82, 2.24) is 15.5 Å². The fourth-order valence-electron chi connectivity index (χ4n) is 5.40. The molecule has 0 aromatic heterocycles. The molecule has 0 saturated carbocycles. The molecule has 1 aliphatic rings. The summed E-state index contributed by atoms with van der Waals surface area (Å²) in [5.41, 5.74) is 15.6. The summed E-state index contributed by atoms with van der Waals surface area (Å²) in [6, 6.07) is 28.2. The minimum atomic E-state index is -0.406.